The molecular formula is C15H22N4O2S. The second-order valence-corrected chi connectivity index (χ2v) is 6.26. The van der Waals surface area contributed by atoms with E-state index >= 15 is 0 Å². The smallest absolute Gasteiger partial charge is 0.278 e. The Hall–Kier alpha value is -1.76. The van der Waals surface area contributed by atoms with Gasteiger partial charge in [0.15, 0.2) is 5.16 Å². The van der Waals surface area contributed by atoms with Crippen LogP contribution in [0.2, 0.25) is 0 Å². The summed E-state index contributed by atoms with van der Waals surface area (Å²) in [6.45, 7) is 8.31. The molecule has 120 valence electrons. The van der Waals surface area contributed by atoms with E-state index in [1.807, 2.05) is 33.8 Å². The lowest BCUT2D eigenvalue weighted by Gasteiger charge is -2.12. The van der Waals surface area contributed by atoms with Crippen molar-refractivity contribution in [3.63, 3.8) is 0 Å². The number of H-pyrrole nitrogens is 1. The molecule has 6 nitrogen and oxygen atoms in total. The van der Waals surface area contributed by atoms with E-state index in [4.69, 9.17) is 0 Å². The minimum Gasteiger partial charge on any atom is -0.353 e. The Morgan fingerprint density at radius 3 is 2.86 bits per heavy atom. The Labute approximate surface area is 133 Å². The molecule has 7 heteroatoms. The molecule has 0 unspecified atom stereocenters. The van der Waals surface area contributed by atoms with E-state index in [1.54, 1.807) is 4.57 Å². The van der Waals surface area contributed by atoms with Crippen LogP contribution in [0.15, 0.2) is 16.0 Å². The van der Waals surface area contributed by atoms with Crippen molar-refractivity contribution in [2.24, 2.45) is 0 Å². The third-order valence-corrected chi connectivity index (χ3v) is 4.48. The minimum absolute atomic E-state index is 0.0402. The number of hydrogen-bond acceptors (Lipinski definition) is 4. The number of aromatic nitrogens is 3. The second kappa shape index (κ2) is 7.00. The number of hydrogen-bond donors (Lipinski definition) is 2. The number of amides is 1. The summed E-state index contributed by atoms with van der Waals surface area (Å²) in [4.78, 5) is 31.9. The number of nitrogens with zero attached hydrogens (tertiary/aromatic N) is 2. The van der Waals surface area contributed by atoms with Crippen molar-refractivity contribution in [2.45, 2.75) is 51.9 Å². The van der Waals surface area contributed by atoms with Crippen LogP contribution in [0.3, 0.4) is 0 Å². The average molecular weight is 322 g/mol. The van der Waals surface area contributed by atoms with Crippen LogP contribution >= 0.6 is 11.8 Å². The van der Waals surface area contributed by atoms with Gasteiger partial charge in [-0.25, -0.2) is 4.98 Å². The Balaban J connectivity index is 2.23. The highest BCUT2D eigenvalue weighted by Crippen LogP contribution is 2.18. The summed E-state index contributed by atoms with van der Waals surface area (Å²) >= 11 is 1.30. The Bertz CT molecular complexity index is 735. The molecular weight excluding hydrogens is 300 g/mol. The highest BCUT2D eigenvalue weighted by Gasteiger charge is 2.14. The molecule has 0 saturated heterocycles. The van der Waals surface area contributed by atoms with Gasteiger partial charge in [0.1, 0.15) is 5.52 Å². The van der Waals surface area contributed by atoms with Gasteiger partial charge >= 0.3 is 0 Å². The van der Waals surface area contributed by atoms with Gasteiger partial charge in [-0.15, -0.1) is 0 Å². The van der Waals surface area contributed by atoms with E-state index in [0.717, 1.165) is 12.1 Å². The number of rotatable bonds is 6. The summed E-state index contributed by atoms with van der Waals surface area (Å²) in [5.41, 5.74) is 1.98. The average Bonchev–Trinajstić information content (AvgIpc) is 2.86. The number of carbonyl (C=O) groups excluding carboxylic acids is 1. The maximum Gasteiger partial charge on any atom is 0.278 e. The summed E-state index contributed by atoms with van der Waals surface area (Å²) in [6.07, 6.45) is 0.892. The van der Waals surface area contributed by atoms with Gasteiger partial charge in [-0.1, -0.05) is 18.7 Å². The van der Waals surface area contributed by atoms with Gasteiger partial charge in [0.25, 0.3) is 5.56 Å². The minimum atomic E-state index is -0.0922. The first-order valence-corrected chi connectivity index (χ1v) is 8.47. The van der Waals surface area contributed by atoms with Crippen molar-refractivity contribution in [1.82, 2.24) is 19.9 Å². The van der Waals surface area contributed by atoms with Crippen LogP contribution in [0.4, 0.5) is 0 Å². The lowest BCUT2D eigenvalue weighted by molar-refractivity contribution is -0.119. The molecule has 0 bridgehead atoms. The molecule has 2 aromatic rings. The van der Waals surface area contributed by atoms with E-state index in [9.17, 15) is 9.59 Å². The maximum absolute atomic E-state index is 12.4. The van der Waals surface area contributed by atoms with Gasteiger partial charge in [-0.2, -0.15) is 0 Å². The van der Waals surface area contributed by atoms with Crippen molar-refractivity contribution in [2.75, 3.05) is 5.75 Å². The lowest BCUT2D eigenvalue weighted by Crippen LogP contribution is -2.33. The van der Waals surface area contributed by atoms with Crippen LogP contribution < -0.4 is 10.9 Å². The first kappa shape index (κ1) is 16.6. The number of fused-ring (bicyclic) bond motifs is 1. The molecule has 0 aromatic carbocycles. The summed E-state index contributed by atoms with van der Waals surface area (Å²) < 4.78 is 1.60. The number of aromatic amines is 1. The van der Waals surface area contributed by atoms with E-state index in [2.05, 4.69) is 15.3 Å². The van der Waals surface area contributed by atoms with Gasteiger partial charge < -0.3 is 10.3 Å². The second-order valence-electron chi connectivity index (χ2n) is 5.32. The third kappa shape index (κ3) is 3.52. The molecule has 2 heterocycles. The quantitative estimate of drug-likeness (QED) is 0.630. The zero-order valence-electron chi connectivity index (χ0n) is 13.4. The van der Waals surface area contributed by atoms with Crippen LogP contribution in [0, 0.1) is 6.92 Å². The predicted octanol–water partition coefficient (Wildman–Crippen LogP) is 2.06. The van der Waals surface area contributed by atoms with Crippen LogP contribution in [-0.2, 0) is 11.3 Å². The largest absolute Gasteiger partial charge is 0.353 e. The summed E-state index contributed by atoms with van der Waals surface area (Å²) in [6, 6.07) is 2.00. The highest BCUT2D eigenvalue weighted by molar-refractivity contribution is 7.99. The fourth-order valence-corrected chi connectivity index (χ4v) is 3.02. The van der Waals surface area contributed by atoms with Gasteiger partial charge in [0.2, 0.25) is 5.91 Å². The maximum atomic E-state index is 12.4. The monoisotopic (exact) mass is 322 g/mol. The molecule has 2 rings (SSSR count). The van der Waals surface area contributed by atoms with Crippen LogP contribution in [0.5, 0.6) is 0 Å². The fourth-order valence-electron chi connectivity index (χ4n) is 2.15. The summed E-state index contributed by atoms with van der Waals surface area (Å²) in [5, 5.41) is 3.49. The molecule has 1 atom stereocenters. The van der Waals surface area contributed by atoms with E-state index in [-0.39, 0.29) is 23.3 Å². The molecule has 0 radical (unpaired) electrons. The zero-order valence-corrected chi connectivity index (χ0v) is 14.2. The first-order valence-electron chi connectivity index (χ1n) is 7.48. The number of aryl methyl sites for hydroxylation is 1. The van der Waals surface area contributed by atoms with Crippen molar-refractivity contribution in [3.05, 3.63) is 22.1 Å². The molecule has 2 N–H and O–H groups in total. The van der Waals surface area contributed by atoms with E-state index < -0.39 is 0 Å². The molecule has 1 amide bonds. The van der Waals surface area contributed by atoms with Crippen molar-refractivity contribution in [1.29, 1.82) is 0 Å². The third-order valence-electron chi connectivity index (χ3n) is 3.51. The summed E-state index contributed by atoms with van der Waals surface area (Å²) in [7, 11) is 0. The first-order chi connectivity index (χ1) is 10.5. The number of thioether (sulfide) groups is 1. The Morgan fingerprint density at radius 2 is 2.23 bits per heavy atom. The SMILES string of the molecule is CC[C@@H](C)NC(=O)CSc1nc2cc(C)[nH]c2c(=O)n1CC. The molecule has 0 aliphatic carbocycles. The van der Waals surface area contributed by atoms with Gasteiger partial charge in [0, 0.05) is 18.3 Å². The van der Waals surface area contributed by atoms with Gasteiger partial charge in [0.05, 0.1) is 11.3 Å². The standard InChI is InChI=1S/C15H22N4O2S/c1-5-9(3)16-12(20)8-22-15-18-11-7-10(4)17-13(11)14(21)19(15)6-2/h7,9,17H,5-6,8H2,1-4H3,(H,16,20)/t9-/m1/s1. The van der Waals surface area contributed by atoms with Crippen molar-refractivity contribution < 1.29 is 4.79 Å². The van der Waals surface area contributed by atoms with Gasteiger partial charge in [-0.3, -0.25) is 14.2 Å². The summed E-state index contributed by atoms with van der Waals surface area (Å²) in [5.74, 6) is 0.215. The normalized spacial score (nSPS) is 12.5. The van der Waals surface area contributed by atoms with Crippen LogP contribution in [0.25, 0.3) is 11.0 Å². The lowest BCUT2D eigenvalue weighted by atomic mass is 10.3. The number of nitrogens with one attached hydrogen (secondary N) is 2. The molecule has 0 saturated carbocycles. The topological polar surface area (TPSA) is 79.8 Å². The predicted molar refractivity (Wildman–Crippen MR) is 89.4 cm³/mol. The van der Waals surface area contributed by atoms with E-state index in [0.29, 0.717) is 22.7 Å². The Kier molecular flexibility index (Phi) is 5.28. The molecule has 0 aliphatic heterocycles. The molecule has 0 aliphatic rings. The molecule has 2 aromatic heterocycles. The van der Waals surface area contributed by atoms with Crippen molar-refractivity contribution >= 4 is 28.7 Å². The molecule has 0 fully saturated rings. The zero-order chi connectivity index (χ0) is 16.3. The fraction of sp³-hybridized carbons (Fsp3) is 0.533. The van der Waals surface area contributed by atoms with Gasteiger partial charge in [-0.05, 0) is 33.3 Å². The molecule has 22 heavy (non-hydrogen) atoms. The van der Waals surface area contributed by atoms with Crippen LogP contribution in [0.1, 0.15) is 32.9 Å². The highest BCUT2D eigenvalue weighted by atomic mass is 32.2. The van der Waals surface area contributed by atoms with E-state index in [1.165, 1.54) is 11.8 Å². The molecule has 0 spiro atoms. The van der Waals surface area contributed by atoms with Crippen molar-refractivity contribution in [3.8, 4) is 0 Å². The number of carbonyl (C=O) groups is 1. The Morgan fingerprint density at radius 1 is 1.50 bits per heavy atom. The van der Waals surface area contributed by atoms with Crippen LogP contribution in [-0.4, -0.2) is 32.2 Å².